The van der Waals surface area contributed by atoms with Crippen molar-refractivity contribution in [2.75, 3.05) is 0 Å². The molecule has 0 saturated carbocycles. The summed E-state index contributed by atoms with van der Waals surface area (Å²) < 4.78 is 46.4. The van der Waals surface area contributed by atoms with E-state index >= 15 is 0 Å². The van der Waals surface area contributed by atoms with Crippen molar-refractivity contribution in [2.24, 2.45) is 0 Å². The van der Waals surface area contributed by atoms with Crippen LogP contribution >= 0.6 is 0 Å². The van der Waals surface area contributed by atoms with Gasteiger partial charge in [-0.1, -0.05) is 30.3 Å². The maximum Gasteiger partial charge on any atom is 0.573 e. The van der Waals surface area contributed by atoms with Crippen LogP contribution in [-0.2, 0) is 6.61 Å². The quantitative estimate of drug-likeness (QED) is 0.648. The second-order valence-corrected chi connectivity index (χ2v) is 5.72. The molecule has 144 valence electrons. The second-order valence-electron chi connectivity index (χ2n) is 5.72. The van der Waals surface area contributed by atoms with Gasteiger partial charge < -0.3 is 14.6 Å². The van der Waals surface area contributed by atoms with Gasteiger partial charge in [0, 0.05) is 17.8 Å². The Bertz CT molecular complexity index is 957. The topological polar surface area (TPSA) is 68.7 Å². The van der Waals surface area contributed by atoms with Crippen molar-refractivity contribution < 1.29 is 32.5 Å². The Labute approximate surface area is 158 Å². The number of rotatable bonds is 6. The molecule has 0 aliphatic rings. The predicted octanol–water partition coefficient (Wildman–Crippen LogP) is 4.92. The summed E-state index contributed by atoms with van der Waals surface area (Å²) in [6.07, 6.45) is -3.51. The molecule has 5 nitrogen and oxygen atoms in total. The Hall–Kier alpha value is -3.55. The van der Waals surface area contributed by atoms with E-state index in [2.05, 4.69) is 9.72 Å². The number of aromatic nitrogens is 1. The lowest BCUT2D eigenvalue weighted by Gasteiger charge is -2.12. The molecule has 1 aromatic heterocycles. The minimum Gasteiger partial charge on any atom is -0.478 e. The molecule has 3 aromatic rings. The van der Waals surface area contributed by atoms with E-state index in [1.807, 2.05) is 30.3 Å². The van der Waals surface area contributed by atoms with Gasteiger partial charge in [0.15, 0.2) is 0 Å². The number of carbonyl (C=O) groups is 1. The zero-order valence-electron chi connectivity index (χ0n) is 14.3. The van der Waals surface area contributed by atoms with Crippen LogP contribution in [0.25, 0.3) is 11.1 Å². The van der Waals surface area contributed by atoms with Crippen molar-refractivity contribution in [1.29, 1.82) is 0 Å². The molecule has 2 aromatic carbocycles. The maximum absolute atomic E-state index is 12.3. The van der Waals surface area contributed by atoms with Crippen LogP contribution in [0.4, 0.5) is 13.2 Å². The lowest BCUT2D eigenvalue weighted by atomic mass is 10.0. The zero-order valence-corrected chi connectivity index (χ0v) is 14.3. The molecule has 0 fully saturated rings. The second kappa shape index (κ2) is 7.99. The number of halogens is 3. The van der Waals surface area contributed by atoms with Crippen molar-refractivity contribution in [3.05, 3.63) is 78.0 Å². The van der Waals surface area contributed by atoms with E-state index in [0.717, 1.165) is 17.7 Å². The molecule has 0 radical (unpaired) electrons. The number of alkyl halides is 3. The molecule has 8 heteroatoms. The number of carboxylic acids is 1. The number of aromatic carboxylic acids is 1. The Morgan fingerprint density at radius 3 is 2.39 bits per heavy atom. The molecule has 0 atom stereocenters. The standard InChI is InChI=1S/C20H14F3NO4/c21-20(22,23)28-15-7-8-16(17(10-15)19(25)26)14-6-9-18(24-11-14)27-12-13-4-2-1-3-5-13/h1-11H,12H2,(H,25,26). The summed E-state index contributed by atoms with van der Waals surface area (Å²) in [5.41, 5.74) is 1.26. The highest BCUT2D eigenvalue weighted by molar-refractivity contribution is 5.96. The summed E-state index contributed by atoms with van der Waals surface area (Å²) in [4.78, 5) is 15.6. The fourth-order valence-corrected chi connectivity index (χ4v) is 2.51. The minimum atomic E-state index is -4.91. The summed E-state index contributed by atoms with van der Waals surface area (Å²) in [5, 5.41) is 9.33. The van der Waals surface area contributed by atoms with Crippen LogP contribution in [0, 0.1) is 0 Å². The van der Waals surface area contributed by atoms with Gasteiger partial charge in [-0.2, -0.15) is 0 Å². The van der Waals surface area contributed by atoms with Crippen molar-refractivity contribution in [3.63, 3.8) is 0 Å². The number of nitrogens with zero attached hydrogens (tertiary/aromatic N) is 1. The highest BCUT2D eigenvalue weighted by Crippen LogP contribution is 2.30. The van der Waals surface area contributed by atoms with E-state index in [4.69, 9.17) is 4.74 Å². The number of benzene rings is 2. The zero-order chi connectivity index (χ0) is 20.1. The van der Waals surface area contributed by atoms with Gasteiger partial charge >= 0.3 is 12.3 Å². The molecule has 1 N–H and O–H groups in total. The molecule has 0 saturated heterocycles. The summed E-state index contributed by atoms with van der Waals surface area (Å²) in [6, 6.07) is 15.7. The molecule has 3 rings (SSSR count). The van der Waals surface area contributed by atoms with E-state index in [0.29, 0.717) is 18.1 Å². The normalized spacial score (nSPS) is 11.1. The van der Waals surface area contributed by atoms with Gasteiger partial charge in [0.2, 0.25) is 5.88 Å². The van der Waals surface area contributed by atoms with E-state index in [1.165, 1.54) is 12.3 Å². The number of ether oxygens (including phenoxy) is 2. The van der Waals surface area contributed by atoms with Gasteiger partial charge in [-0.15, -0.1) is 13.2 Å². The molecule has 28 heavy (non-hydrogen) atoms. The predicted molar refractivity (Wildman–Crippen MR) is 94.1 cm³/mol. The van der Waals surface area contributed by atoms with Gasteiger partial charge in [-0.25, -0.2) is 9.78 Å². The van der Waals surface area contributed by atoms with E-state index < -0.39 is 18.1 Å². The van der Waals surface area contributed by atoms with E-state index in [9.17, 15) is 23.1 Å². The molecule has 0 amide bonds. The van der Waals surface area contributed by atoms with Crippen LogP contribution < -0.4 is 9.47 Å². The average molecular weight is 389 g/mol. The third-order valence-corrected chi connectivity index (χ3v) is 3.73. The van der Waals surface area contributed by atoms with E-state index in [1.54, 1.807) is 12.1 Å². The highest BCUT2D eigenvalue weighted by Gasteiger charge is 2.31. The summed E-state index contributed by atoms with van der Waals surface area (Å²) in [7, 11) is 0. The molecule has 0 spiro atoms. The monoisotopic (exact) mass is 389 g/mol. The van der Waals surface area contributed by atoms with Crippen LogP contribution in [0.5, 0.6) is 11.6 Å². The molecular weight excluding hydrogens is 375 g/mol. The number of pyridine rings is 1. The maximum atomic E-state index is 12.3. The Kier molecular flexibility index (Phi) is 5.49. The first-order chi connectivity index (χ1) is 13.3. The summed E-state index contributed by atoms with van der Waals surface area (Å²) in [6.45, 7) is 0.317. The first-order valence-electron chi connectivity index (χ1n) is 8.08. The van der Waals surface area contributed by atoms with Crippen LogP contribution in [0.15, 0.2) is 66.9 Å². The SMILES string of the molecule is O=C(O)c1cc(OC(F)(F)F)ccc1-c1ccc(OCc2ccccc2)nc1. The average Bonchev–Trinajstić information content (AvgIpc) is 2.66. The molecule has 0 unspecified atom stereocenters. The van der Waals surface area contributed by atoms with Gasteiger partial charge in [-0.3, -0.25) is 0 Å². The van der Waals surface area contributed by atoms with Gasteiger partial charge in [0.1, 0.15) is 12.4 Å². The lowest BCUT2D eigenvalue weighted by molar-refractivity contribution is -0.274. The Morgan fingerprint density at radius 2 is 1.79 bits per heavy atom. The number of hydrogen-bond acceptors (Lipinski definition) is 4. The lowest BCUT2D eigenvalue weighted by Crippen LogP contribution is -2.17. The molecular formula is C20H14F3NO4. The largest absolute Gasteiger partial charge is 0.573 e. The van der Waals surface area contributed by atoms with Crippen LogP contribution in [0.1, 0.15) is 15.9 Å². The van der Waals surface area contributed by atoms with Gasteiger partial charge in [0.25, 0.3) is 0 Å². The van der Waals surface area contributed by atoms with Crippen LogP contribution in [0.3, 0.4) is 0 Å². The fraction of sp³-hybridized carbons (Fsp3) is 0.100. The summed E-state index contributed by atoms with van der Waals surface area (Å²) >= 11 is 0. The summed E-state index contributed by atoms with van der Waals surface area (Å²) in [5.74, 6) is -1.65. The van der Waals surface area contributed by atoms with Crippen molar-refractivity contribution >= 4 is 5.97 Å². The van der Waals surface area contributed by atoms with Gasteiger partial charge in [0.05, 0.1) is 5.56 Å². The first kappa shape index (κ1) is 19.2. The third-order valence-electron chi connectivity index (χ3n) is 3.73. The molecule has 0 aliphatic carbocycles. The first-order valence-corrected chi connectivity index (χ1v) is 8.08. The van der Waals surface area contributed by atoms with Crippen LogP contribution in [0.2, 0.25) is 0 Å². The van der Waals surface area contributed by atoms with Crippen molar-refractivity contribution in [1.82, 2.24) is 4.98 Å². The third kappa shape index (κ3) is 5.00. The minimum absolute atomic E-state index is 0.212. The Balaban J connectivity index is 1.79. The molecule has 0 aliphatic heterocycles. The highest BCUT2D eigenvalue weighted by atomic mass is 19.4. The van der Waals surface area contributed by atoms with Crippen molar-refractivity contribution in [2.45, 2.75) is 13.0 Å². The van der Waals surface area contributed by atoms with E-state index in [-0.39, 0.29) is 11.1 Å². The number of hydrogen-bond donors (Lipinski definition) is 1. The van der Waals surface area contributed by atoms with Crippen LogP contribution in [-0.4, -0.2) is 22.4 Å². The smallest absolute Gasteiger partial charge is 0.478 e. The van der Waals surface area contributed by atoms with Crippen molar-refractivity contribution in [3.8, 4) is 22.8 Å². The van der Waals surface area contributed by atoms with Gasteiger partial charge in [-0.05, 0) is 35.4 Å². The number of carboxylic acid groups (broad SMARTS) is 1. The fourth-order valence-electron chi connectivity index (χ4n) is 2.51. The Morgan fingerprint density at radius 1 is 1.04 bits per heavy atom. The molecule has 0 bridgehead atoms. The molecule has 1 heterocycles.